The summed E-state index contributed by atoms with van der Waals surface area (Å²) in [6, 6.07) is 71.1. The molecule has 2 aliphatic heterocycles. The molecular formula is C97H107N3O17P2Si2. The van der Waals surface area contributed by atoms with Crippen molar-refractivity contribution in [3.63, 3.8) is 0 Å². The lowest BCUT2D eigenvalue weighted by atomic mass is 9.79. The molecule has 2 saturated heterocycles. The Hall–Kier alpha value is -11.4. The minimum atomic E-state index is -3.29. The van der Waals surface area contributed by atoms with Gasteiger partial charge in [-0.25, -0.2) is 14.4 Å². The van der Waals surface area contributed by atoms with Crippen molar-refractivity contribution in [3.05, 3.63) is 317 Å². The Morgan fingerprint density at radius 3 is 1.05 bits per heavy atom. The van der Waals surface area contributed by atoms with Crippen LogP contribution in [0.2, 0.25) is 36.3 Å². The van der Waals surface area contributed by atoms with Crippen LogP contribution in [0.3, 0.4) is 0 Å². The molecule has 121 heavy (non-hydrogen) atoms. The average Bonchev–Trinajstić information content (AvgIpc) is 0.705. The summed E-state index contributed by atoms with van der Waals surface area (Å²) in [7, 11) is -4.86. The number of nitro groups is 1. The molecule has 20 nitrogen and oxygen atoms in total. The van der Waals surface area contributed by atoms with Crippen molar-refractivity contribution in [2.45, 2.75) is 155 Å². The van der Waals surface area contributed by atoms with Crippen LogP contribution in [0.15, 0.2) is 268 Å². The molecule has 2 aliphatic rings. The Labute approximate surface area is 711 Å². The van der Waals surface area contributed by atoms with E-state index in [0.717, 1.165) is 44.0 Å². The number of likely N-dealkylation sites (tertiary alicyclic amines) is 2. The zero-order valence-electron chi connectivity index (χ0n) is 71.1. The third-order valence-corrected chi connectivity index (χ3v) is 41.1. The molecule has 2 amide bonds. The van der Waals surface area contributed by atoms with Gasteiger partial charge >= 0.3 is 29.8 Å². The van der Waals surface area contributed by atoms with Gasteiger partial charge in [-0.05, 0) is 142 Å². The van der Waals surface area contributed by atoms with E-state index >= 15 is 14.4 Å². The fraction of sp³-hybridized carbons (Fsp3) is 0.289. The molecule has 0 aliphatic carbocycles. The number of rotatable bonds is 32. The van der Waals surface area contributed by atoms with Crippen molar-refractivity contribution in [1.82, 2.24) is 9.80 Å². The first kappa shape index (κ1) is 91.9. The monoisotopic (exact) mass is 1700 g/mol. The summed E-state index contributed by atoms with van der Waals surface area (Å²) >= 11 is 0. The molecule has 11 rings (SSSR count). The maximum Gasteiger partial charge on any atom is 0.356 e. The third kappa shape index (κ3) is 20.0. The molecule has 9 aromatic carbocycles. The second-order valence-corrected chi connectivity index (χ2v) is 49.5. The van der Waals surface area contributed by atoms with Gasteiger partial charge in [0.1, 0.15) is 24.0 Å². The number of non-ortho nitro benzene ring substituents is 1. The van der Waals surface area contributed by atoms with E-state index in [1.54, 1.807) is 55.1 Å². The molecule has 9 aromatic rings. The molecule has 6 atom stereocenters. The molecule has 1 N–H and O–H groups in total. The Balaban J connectivity index is 0.000000258. The predicted molar refractivity (Wildman–Crippen MR) is 485 cm³/mol. The molecule has 0 spiro atoms. The van der Waals surface area contributed by atoms with Crippen LogP contribution in [0.4, 0.5) is 5.69 Å². The molecule has 24 heteroatoms. The van der Waals surface area contributed by atoms with Crippen molar-refractivity contribution in [1.29, 1.82) is 0 Å². The standard InChI is InChI=1S/C52H55N2O10PSi.C45H52NO7PSi/c1-9-31-62-51(59)49(65(41-19-13-10-14-20-41,42-21-15-11-16-22-42)43-23-17-12-18-24-43)53-44(47(48(53)57)36(3)64-66(7,8)52(4,5)6)34-45(55)39-26-25-38(35(2)32-39)33-46(56)63-50(58)37-27-29-40(30-28-37)54(60)61;1-9-27-52-44(51)43(54(35-19-13-10-14-20-35,36-21-15-11-16-22-36)37-23-17-12-18-24-37)46-38(41(42(46)50)32(3)53-55(7,8)45(4,5)6)30-39(47)34-26-25-33(29-40(48)49)31(2)28-34/h9-30,32,36,44,47H,1,31,33-34H2,2-8H3;9-26,28,32,38,41H,1,27,29-30H2,2-8H3,(H,48,49)/t36-,44-,47-;32-,38-,41-/m11/s1. The van der Waals surface area contributed by atoms with E-state index in [-0.39, 0.29) is 94.4 Å². The van der Waals surface area contributed by atoms with Crippen molar-refractivity contribution < 1.29 is 76.2 Å². The number of carboxylic acid groups (broad SMARTS) is 1. The lowest BCUT2D eigenvalue weighted by Gasteiger charge is -2.53. The van der Waals surface area contributed by atoms with Gasteiger partial charge in [0.25, 0.3) is 5.69 Å². The molecule has 0 aromatic heterocycles. The second-order valence-electron chi connectivity index (χ2n) is 33.4. The summed E-state index contributed by atoms with van der Waals surface area (Å²) in [6.45, 7) is 29.4. The number of ketones is 2. The normalized spacial score (nSPS) is 16.0. The smallest absolute Gasteiger partial charge is 0.356 e. The minimum Gasteiger partial charge on any atom is -0.481 e. The Kier molecular flexibility index (Phi) is 29.6. The number of Topliss-reactive ketones (excluding diaryl/α,β-unsaturated/α-hetero) is 2. The van der Waals surface area contributed by atoms with E-state index in [1.165, 1.54) is 29.2 Å². The van der Waals surface area contributed by atoms with E-state index in [2.05, 4.69) is 80.9 Å². The number of hydrogen-bond donors (Lipinski definition) is 1. The molecule has 0 bridgehead atoms. The number of benzene rings is 9. The van der Waals surface area contributed by atoms with Crippen molar-refractivity contribution in [3.8, 4) is 0 Å². The first-order valence-corrected chi connectivity index (χ1v) is 49.7. The van der Waals surface area contributed by atoms with Crippen molar-refractivity contribution >= 4 is 132 Å². The Bertz CT molecular complexity index is 5270. The van der Waals surface area contributed by atoms with Gasteiger partial charge in [-0.2, -0.15) is 0 Å². The van der Waals surface area contributed by atoms with Crippen LogP contribution in [0, 0.1) is 35.8 Å². The highest BCUT2D eigenvalue weighted by atomic mass is 31.2. The highest BCUT2D eigenvalue weighted by Gasteiger charge is 2.59. The number of β-lactam (4-membered cyclic amide) rings is 2. The number of nitrogens with zero attached hydrogens (tertiary/aromatic N) is 3. The summed E-state index contributed by atoms with van der Waals surface area (Å²) in [5.74, 6) is -6.90. The first-order valence-electron chi connectivity index (χ1n) is 40.3. The van der Waals surface area contributed by atoms with E-state index in [4.69, 9.17) is 23.1 Å². The lowest BCUT2D eigenvalue weighted by molar-refractivity contribution is -0.384. The summed E-state index contributed by atoms with van der Waals surface area (Å²) in [6.07, 6.45) is 1.05. The molecule has 0 unspecified atom stereocenters. The number of ether oxygens (including phenoxy) is 3. The molecule has 2 fully saturated rings. The van der Waals surface area contributed by atoms with Crippen LogP contribution < -0.4 is 31.8 Å². The van der Waals surface area contributed by atoms with Crippen LogP contribution >= 0.6 is 13.8 Å². The molecule has 2 heterocycles. The third-order valence-electron chi connectivity index (χ3n) is 23.4. The van der Waals surface area contributed by atoms with Crippen LogP contribution in [0.25, 0.3) is 0 Å². The number of carbonyl (C=O) groups is 9. The quantitative estimate of drug-likeness (QED) is 0.00392. The highest BCUT2D eigenvalue weighted by Crippen LogP contribution is 2.53. The number of amides is 2. The van der Waals surface area contributed by atoms with Gasteiger partial charge in [0.05, 0.1) is 59.5 Å². The van der Waals surface area contributed by atoms with Crippen molar-refractivity contribution in [2.75, 3.05) is 13.2 Å². The summed E-state index contributed by atoms with van der Waals surface area (Å²) in [4.78, 5) is 140. The van der Waals surface area contributed by atoms with Crippen LogP contribution in [0.5, 0.6) is 0 Å². The van der Waals surface area contributed by atoms with Gasteiger partial charge in [-0.1, -0.05) is 273 Å². The van der Waals surface area contributed by atoms with Crippen LogP contribution in [-0.4, -0.2) is 138 Å². The minimum absolute atomic E-state index is 0.0254. The fourth-order valence-electron chi connectivity index (χ4n) is 15.3. The zero-order valence-corrected chi connectivity index (χ0v) is 74.9. The number of aliphatic carboxylic acids is 1. The van der Waals surface area contributed by atoms with Crippen LogP contribution in [-0.2, 0) is 64.7 Å². The average molecular weight is 1710 g/mol. The van der Waals surface area contributed by atoms with Gasteiger partial charge in [-0.15, -0.1) is 0 Å². The Morgan fingerprint density at radius 2 is 0.777 bits per heavy atom. The second kappa shape index (κ2) is 39.0. The maximum absolute atomic E-state index is 15.3. The van der Waals surface area contributed by atoms with Gasteiger partial charge in [0.2, 0.25) is 11.8 Å². The SMILES string of the molecule is C=CCOC(=O)C(N1C(=O)[C@H]([C@@H](C)O[Si](C)(C)C(C)(C)C)[C@H]1CC(=O)c1ccc(CC(=O)O)c(C)c1)=P(c1ccccc1)(c1ccccc1)c1ccccc1.C=CCOC(=O)C(N1C(=O)[C@H]([C@@H](C)O[Si](C)(C)C(C)(C)C)[C@H]1CC(=O)c1ccc(CC(=O)OC(=O)c2ccc([N+](=O)[O-])cc2)c(C)c1)=P(c1ccccc1)(c1ccccc1)c1ccccc1. The number of nitro benzene ring substituents is 1. The van der Waals surface area contributed by atoms with Gasteiger partial charge < -0.3 is 38.0 Å². The maximum atomic E-state index is 15.3. The molecule has 630 valence electrons. The number of esters is 4. The molecule has 0 radical (unpaired) electrons. The van der Waals surface area contributed by atoms with E-state index < -0.39 is 101 Å². The van der Waals surface area contributed by atoms with E-state index in [1.807, 2.05) is 196 Å². The van der Waals surface area contributed by atoms with Gasteiger partial charge in [0, 0.05) is 49.9 Å². The number of hydrogen-bond acceptors (Lipinski definition) is 16. The fourth-order valence-corrected chi connectivity index (χ4v) is 26.9. The van der Waals surface area contributed by atoms with Gasteiger partial charge in [-0.3, -0.25) is 38.9 Å². The number of carboxylic acids is 1. The summed E-state index contributed by atoms with van der Waals surface area (Å²) < 4.78 is 30.7. The molecule has 0 saturated carbocycles. The molecular weight excluding hydrogens is 1600 g/mol. The predicted octanol–water partition coefficient (Wildman–Crippen LogP) is 15.8. The summed E-state index contributed by atoms with van der Waals surface area (Å²) in [5, 5.41) is 25.0. The number of carbonyl (C=O) groups excluding carboxylic acids is 8. The largest absolute Gasteiger partial charge is 0.481 e. The Morgan fingerprint density at radius 1 is 0.479 bits per heavy atom. The lowest BCUT2D eigenvalue weighted by Crippen LogP contribution is -2.69. The van der Waals surface area contributed by atoms with Crippen LogP contribution in [0.1, 0.15) is 122 Å². The topological polar surface area (TPSA) is 270 Å². The van der Waals surface area contributed by atoms with E-state index in [9.17, 15) is 44.0 Å². The zero-order chi connectivity index (χ0) is 88.1. The van der Waals surface area contributed by atoms with E-state index in [0.29, 0.717) is 33.4 Å². The number of aryl methyl sites for hydroxylation is 2. The first-order chi connectivity index (χ1) is 57.3. The van der Waals surface area contributed by atoms with Gasteiger partial charge in [0.15, 0.2) is 28.2 Å². The summed E-state index contributed by atoms with van der Waals surface area (Å²) in [5.41, 5.74) is 3.18. The highest BCUT2D eigenvalue weighted by molar-refractivity contribution is 7.97. The van der Waals surface area contributed by atoms with Crippen molar-refractivity contribution in [2.24, 2.45) is 11.8 Å².